The van der Waals surface area contributed by atoms with Gasteiger partial charge in [-0.1, -0.05) is 0 Å². The molecule has 0 aromatic carbocycles. The van der Waals surface area contributed by atoms with Crippen LogP contribution in [0.3, 0.4) is 0 Å². The first-order valence-electron chi connectivity index (χ1n) is 6.22. The molecule has 2 rings (SSSR count). The van der Waals surface area contributed by atoms with E-state index in [1.54, 1.807) is 13.2 Å². The van der Waals surface area contributed by atoms with Gasteiger partial charge in [-0.2, -0.15) is 0 Å². The van der Waals surface area contributed by atoms with Crippen molar-refractivity contribution in [1.29, 1.82) is 0 Å². The van der Waals surface area contributed by atoms with Crippen LogP contribution in [0.25, 0.3) is 0 Å². The van der Waals surface area contributed by atoms with Gasteiger partial charge >= 0.3 is 5.97 Å². The number of piperidine rings is 1. The monoisotopic (exact) mass is 269 g/mol. The normalized spacial score (nSPS) is 21.1. The molecule has 1 fully saturated rings. The molecule has 100 valence electrons. The average Bonchev–Trinajstić information content (AvgIpc) is 2.78. The molecule has 0 bridgehead atoms. The van der Waals surface area contributed by atoms with Gasteiger partial charge in [0.25, 0.3) is 0 Å². The number of carboxylic acid groups (broad SMARTS) is 1. The number of hydrogen-bond acceptors (Lipinski definition) is 4. The largest absolute Gasteiger partial charge is 0.477 e. The fourth-order valence-corrected chi connectivity index (χ4v) is 3.35. The third-order valence-electron chi connectivity index (χ3n) is 3.26. The van der Waals surface area contributed by atoms with E-state index in [1.807, 2.05) is 6.07 Å². The Morgan fingerprint density at radius 1 is 1.61 bits per heavy atom. The number of carboxylic acids is 1. The number of hydrogen-bond donors (Lipinski definition) is 1. The number of thiophene rings is 1. The number of likely N-dealkylation sites (tertiary alicyclic amines) is 1. The Bertz CT molecular complexity index is 403. The van der Waals surface area contributed by atoms with E-state index in [4.69, 9.17) is 9.84 Å². The minimum absolute atomic E-state index is 0.426. The predicted octanol–water partition coefficient (Wildman–Crippen LogP) is 2.30. The standard InChI is InChI=1S/C13H19NO3S/c1-17-9-10-3-2-6-14(7-10)8-11-4-5-12(18-11)13(15)16/h4-5,10H,2-3,6-9H2,1H3,(H,15,16). The third-order valence-corrected chi connectivity index (χ3v) is 4.32. The SMILES string of the molecule is COCC1CCCN(Cc2ccc(C(=O)O)s2)C1. The van der Waals surface area contributed by atoms with Crippen LogP contribution >= 0.6 is 11.3 Å². The van der Waals surface area contributed by atoms with Crippen molar-refractivity contribution in [2.75, 3.05) is 26.8 Å². The molecule has 1 atom stereocenters. The maximum Gasteiger partial charge on any atom is 0.345 e. The number of rotatable bonds is 5. The summed E-state index contributed by atoms with van der Waals surface area (Å²) < 4.78 is 5.21. The highest BCUT2D eigenvalue weighted by atomic mass is 32.1. The van der Waals surface area contributed by atoms with Crippen LogP contribution in [0.1, 0.15) is 27.4 Å². The molecular weight excluding hydrogens is 250 g/mol. The number of nitrogens with zero attached hydrogens (tertiary/aromatic N) is 1. The Morgan fingerprint density at radius 2 is 2.44 bits per heavy atom. The molecule has 0 radical (unpaired) electrons. The minimum atomic E-state index is -0.831. The molecule has 1 unspecified atom stereocenters. The number of aromatic carboxylic acids is 1. The molecule has 1 saturated heterocycles. The van der Waals surface area contributed by atoms with E-state index in [9.17, 15) is 4.79 Å². The van der Waals surface area contributed by atoms with Crippen LogP contribution in [-0.2, 0) is 11.3 Å². The Hall–Kier alpha value is -0.910. The molecule has 1 aliphatic rings. The maximum atomic E-state index is 10.8. The van der Waals surface area contributed by atoms with E-state index in [0.717, 1.165) is 31.1 Å². The van der Waals surface area contributed by atoms with Crippen molar-refractivity contribution < 1.29 is 14.6 Å². The van der Waals surface area contributed by atoms with Gasteiger partial charge in [0.05, 0.1) is 6.61 Å². The van der Waals surface area contributed by atoms with Crippen LogP contribution in [0.4, 0.5) is 0 Å². The zero-order valence-electron chi connectivity index (χ0n) is 10.6. The van der Waals surface area contributed by atoms with Crippen molar-refractivity contribution in [2.45, 2.75) is 19.4 Å². The van der Waals surface area contributed by atoms with E-state index in [1.165, 1.54) is 24.2 Å². The molecule has 0 spiro atoms. The summed E-state index contributed by atoms with van der Waals surface area (Å²) in [6.07, 6.45) is 2.43. The van der Waals surface area contributed by atoms with Crippen LogP contribution in [0.15, 0.2) is 12.1 Å². The van der Waals surface area contributed by atoms with Crippen molar-refractivity contribution in [2.24, 2.45) is 5.92 Å². The van der Waals surface area contributed by atoms with Gasteiger partial charge in [-0.15, -0.1) is 11.3 Å². The lowest BCUT2D eigenvalue weighted by molar-refractivity contribution is 0.0702. The van der Waals surface area contributed by atoms with Gasteiger partial charge in [0.1, 0.15) is 4.88 Å². The molecule has 4 nitrogen and oxygen atoms in total. The first-order valence-corrected chi connectivity index (χ1v) is 7.04. The molecule has 1 aromatic heterocycles. The van der Waals surface area contributed by atoms with Gasteiger partial charge in [-0.05, 0) is 37.4 Å². The van der Waals surface area contributed by atoms with E-state index >= 15 is 0 Å². The molecular formula is C13H19NO3S. The van der Waals surface area contributed by atoms with Crippen LogP contribution < -0.4 is 0 Å². The summed E-state index contributed by atoms with van der Waals surface area (Å²) in [5.41, 5.74) is 0. The molecule has 5 heteroatoms. The maximum absolute atomic E-state index is 10.8. The molecule has 2 heterocycles. The summed E-state index contributed by atoms with van der Waals surface area (Å²) in [6, 6.07) is 3.62. The second-order valence-electron chi connectivity index (χ2n) is 4.77. The summed E-state index contributed by atoms with van der Waals surface area (Å²) in [4.78, 5) is 14.8. The minimum Gasteiger partial charge on any atom is -0.477 e. The number of carbonyl (C=O) groups is 1. The summed E-state index contributed by atoms with van der Waals surface area (Å²) in [6.45, 7) is 3.83. The van der Waals surface area contributed by atoms with Crippen LogP contribution in [0, 0.1) is 5.92 Å². The molecule has 0 amide bonds. The van der Waals surface area contributed by atoms with Gasteiger partial charge < -0.3 is 9.84 Å². The van der Waals surface area contributed by atoms with E-state index < -0.39 is 5.97 Å². The lowest BCUT2D eigenvalue weighted by Gasteiger charge is -2.31. The molecule has 18 heavy (non-hydrogen) atoms. The molecule has 1 aliphatic heterocycles. The van der Waals surface area contributed by atoms with Crippen LogP contribution in [0.5, 0.6) is 0 Å². The Kier molecular flexibility index (Phi) is 4.74. The summed E-state index contributed by atoms with van der Waals surface area (Å²) >= 11 is 1.38. The first-order chi connectivity index (χ1) is 8.69. The smallest absolute Gasteiger partial charge is 0.345 e. The van der Waals surface area contributed by atoms with Crippen molar-refractivity contribution >= 4 is 17.3 Å². The van der Waals surface area contributed by atoms with E-state index in [0.29, 0.717) is 10.8 Å². The van der Waals surface area contributed by atoms with E-state index in [2.05, 4.69) is 4.90 Å². The summed E-state index contributed by atoms with van der Waals surface area (Å²) in [5.74, 6) is -0.218. The molecule has 1 N–H and O–H groups in total. The van der Waals surface area contributed by atoms with Gasteiger partial charge in [0, 0.05) is 25.1 Å². The zero-order valence-corrected chi connectivity index (χ0v) is 11.4. The van der Waals surface area contributed by atoms with Crippen molar-refractivity contribution in [3.8, 4) is 0 Å². The van der Waals surface area contributed by atoms with Gasteiger partial charge in [0.15, 0.2) is 0 Å². The highest BCUT2D eigenvalue weighted by Crippen LogP contribution is 2.22. The highest BCUT2D eigenvalue weighted by molar-refractivity contribution is 7.13. The lowest BCUT2D eigenvalue weighted by Crippen LogP contribution is -2.36. The van der Waals surface area contributed by atoms with Crippen molar-refractivity contribution in [3.63, 3.8) is 0 Å². The van der Waals surface area contributed by atoms with Crippen molar-refractivity contribution in [3.05, 3.63) is 21.9 Å². The highest BCUT2D eigenvalue weighted by Gasteiger charge is 2.20. The van der Waals surface area contributed by atoms with E-state index in [-0.39, 0.29) is 0 Å². The zero-order chi connectivity index (χ0) is 13.0. The van der Waals surface area contributed by atoms with Crippen molar-refractivity contribution in [1.82, 2.24) is 4.90 Å². The molecule has 0 aliphatic carbocycles. The second-order valence-corrected chi connectivity index (χ2v) is 5.94. The topological polar surface area (TPSA) is 49.8 Å². The van der Waals surface area contributed by atoms with Gasteiger partial charge in [0.2, 0.25) is 0 Å². The Morgan fingerprint density at radius 3 is 3.11 bits per heavy atom. The average molecular weight is 269 g/mol. The van der Waals surface area contributed by atoms with Gasteiger partial charge in [-0.25, -0.2) is 4.79 Å². The number of ether oxygens (including phenoxy) is 1. The quantitative estimate of drug-likeness (QED) is 0.891. The number of methoxy groups -OCH3 is 1. The summed E-state index contributed by atoms with van der Waals surface area (Å²) in [7, 11) is 1.75. The van der Waals surface area contributed by atoms with Crippen LogP contribution in [-0.4, -0.2) is 42.8 Å². The lowest BCUT2D eigenvalue weighted by atomic mass is 9.99. The first kappa shape index (κ1) is 13.5. The fourth-order valence-electron chi connectivity index (χ4n) is 2.46. The third kappa shape index (κ3) is 3.54. The predicted molar refractivity (Wildman–Crippen MR) is 71.2 cm³/mol. The second kappa shape index (κ2) is 6.31. The molecule has 0 saturated carbocycles. The molecule has 1 aromatic rings. The van der Waals surface area contributed by atoms with Gasteiger partial charge in [-0.3, -0.25) is 4.90 Å². The Labute approximate surface area is 111 Å². The fraction of sp³-hybridized carbons (Fsp3) is 0.615. The Balaban J connectivity index is 1.89. The van der Waals surface area contributed by atoms with Crippen LogP contribution in [0.2, 0.25) is 0 Å². The summed E-state index contributed by atoms with van der Waals surface area (Å²) in [5, 5.41) is 8.90.